The number of methoxy groups -OCH3 is 2. The van der Waals surface area contributed by atoms with Crippen LogP contribution in [0.15, 0.2) is 42.5 Å². The number of hydrogen-bond acceptors (Lipinski definition) is 6. The van der Waals surface area contributed by atoms with Gasteiger partial charge in [0, 0.05) is 30.4 Å². The van der Waals surface area contributed by atoms with E-state index < -0.39 is 11.9 Å². The first kappa shape index (κ1) is 24.4. The van der Waals surface area contributed by atoms with Crippen LogP contribution in [0.25, 0.3) is 0 Å². The third-order valence-electron chi connectivity index (χ3n) is 3.80. The first-order valence-electron chi connectivity index (χ1n) is 8.87. The first-order valence-corrected chi connectivity index (χ1v) is 8.87. The molecule has 0 aliphatic rings. The Balaban J connectivity index is 0.000000656. The molecule has 2 aromatic rings. The second-order valence-electron chi connectivity index (χ2n) is 6.42. The zero-order valence-corrected chi connectivity index (χ0v) is 17.3. The molecule has 2 aromatic carbocycles. The van der Waals surface area contributed by atoms with Crippen LogP contribution in [0.1, 0.15) is 11.1 Å². The van der Waals surface area contributed by atoms with E-state index in [4.69, 9.17) is 29.3 Å². The van der Waals surface area contributed by atoms with Crippen molar-refractivity contribution in [3.8, 4) is 11.5 Å². The molecule has 0 atom stereocenters. The molecule has 9 nitrogen and oxygen atoms in total. The van der Waals surface area contributed by atoms with Crippen LogP contribution in [-0.2, 0) is 20.9 Å². The normalized spacial score (nSPS) is 9.90. The van der Waals surface area contributed by atoms with Crippen LogP contribution >= 0.6 is 0 Å². The van der Waals surface area contributed by atoms with E-state index >= 15 is 0 Å². The Morgan fingerprint density at radius 3 is 1.87 bits per heavy atom. The Kier molecular flexibility index (Phi) is 9.84. The van der Waals surface area contributed by atoms with Gasteiger partial charge in [-0.15, -0.1) is 0 Å². The fraction of sp³-hybridized carbons (Fsp3) is 0.286. The van der Waals surface area contributed by atoms with Crippen molar-refractivity contribution < 1.29 is 34.1 Å². The lowest BCUT2D eigenvalue weighted by molar-refractivity contribution is -0.159. The maximum absolute atomic E-state index is 12.2. The molecular formula is C21H26N2O7. The number of amides is 1. The lowest BCUT2D eigenvalue weighted by Crippen LogP contribution is -2.29. The second-order valence-corrected chi connectivity index (χ2v) is 6.42. The summed E-state index contributed by atoms with van der Waals surface area (Å²) < 4.78 is 10.4. The average molecular weight is 418 g/mol. The fourth-order valence-electron chi connectivity index (χ4n) is 2.39. The van der Waals surface area contributed by atoms with Crippen molar-refractivity contribution in [2.45, 2.75) is 13.5 Å². The number of likely N-dealkylation sites (N-methyl/N-ethyl adjacent to an activating group) is 1. The number of rotatable bonds is 7. The first-order chi connectivity index (χ1) is 14.1. The van der Waals surface area contributed by atoms with Crippen LogP contribution in [0, 0.1) is 6.92 Å². The smallest absolute Gasteiger partial charge is 0.414 e. The Bertz CT molecular complexity index is 832. The minimum Gasteiger partial charge on any atom is -0.497 e. The molecule has 0 aliphatic heterocycles. The molecule has 0 fully saturated rings. The highest BCUT2D eigenvalue weighted by Crippen LogP contribution is 2.25. The van der Waals surface area contributed by atoms with Gasteiger partial charge in [0.2, 0.25) is 5.91 Å². The van der Waals surface area contributed by atoms with E-state index in [-0.39, 0.29) is 5.91 Å². The number of nitrogens with one attached hydrogen (secondary N) is 1. The van der Waals surface area contributed by atoms with Crippen molar-refractivity contribution in [3.05, 3.63) is 53.6 Å². The highest BCUT2D eigenvalue weighted by atomic mass is 16.5. The minimum absolute atomic E-state index is 0.0834. The highest BCUT2D eigenvalue weighted by molar-refractivity contribution is 6.27. The van der Waals surface area contributed by atoms with Gasteiger partial charge >= 0.3 is 11.9 Å². The fourth-order valence-corrected chi connectivity index (χ4v) is 2.39. The summed E-state index contributed by atoms with van der Waals surface area (Å²) in [5.41, 5.74) is 3.06. The van der Waals surface area contributed by atoms with E-state index in [0.717, 1.165) is 6.54 Å². The molecule has 0 unspecified atom stereocenters. The molecule has 9 heteroatoms. The van der Waals surface area contributed by atoms with Gasteiger partial charge in [0.05, 0.1) is 20.8 Å². The SMILES string of the molecule is COc1cc(NC(=O)CN(C)Cc2ccc(C)cc2)cc(OC)c1.O=C(O)C(=O)O. The number of benzene rings is 2. The number of hydrogen-bond donors (Lipinski definition) is 3. The van der Waals surface area contributed by atoms with Crippen molar-refractivity contribution in [2.75, 3.05) is 33.1 Å². The summed E-state index contributed by atoms with van der Waals surface area (Å²) in [6.45, 7) is 3.08. The monoisotopic (exact) mass is 418 g/mol. The van der Waals surface area contributed by atoms with Crippen LogP contribution in [0.4, 0.5) is 5.69 Å². The van der Waals surface area contributed by atoms with Crippen molar-refractivity contribution in [2.24, 2.45) is 0 Å². The van der Waals surface area contributed by atoms with Crippen LogP contribution in [0.5, 0.6) is 11.5 Å². The summed E-state index contributed by atoms with van der Waals surface area (Å²) in [6.07, 6.45) is 0. The summed E-state index contributed by atoms with van der Waals surface area (Å²) in [7, 11) is 5.08. The predicted octanol–water partition coefficient (Wildman–Crippen LogP) is 2.24. The number of carboxylic acid groups (broad SMARTS) is 2. The van der Waals surface area contributed by atoms with E-state index in [1.807, 2.05) is 11.9 Å². The molecule has 2 rings (SSSR count). The summed E-state index contributed by atoms with van der Waals surface area (Å²) in [5, 5.41) is 17.7. The highest BCUT2D eigenvalue weighted by Gasteiger charge is 2.09. The summed E-state index contributed by atoms with van der Waals surface area (Å²) in [6, 6.07) is 13.6. The van der Waals surface area contributed by atoms with E-state index in [0.29, 0.717) is 23.7 Å². The molecule has 0 aromatic heterocycles. The molecule has 162 valence electrons. The lowest BCUT2D eigenvalue weighted by Gasteiger charge is -2.17. The predicted molar refractivity (Wildman–Crippen MR) is 111 cm³/mol. The number of ether oxygens (including phenoxy) is 2. The summed E-state index contributed by atoms with van der Waals surface area (Å²) in [5.74, 6) is -2.46. The number of carbonyl (C=O) groups excluding carboxylic acids is 1. The van der Waals surface area contributed by atoms with Crippen molar-refractivity contribution in [1.82, 2.24) is 4.90 Å². The van der Waals surface area contributed by atoms with Gasteiger partial charge in [-0.25, -0.2) is 9.59 Å². The third-order valence-corrected chi connectivity index (χ3v) is 3.80. The number of aliphatic carboxylic acids is 2. The Hall–Kier alpha value is -3.59. The molecule has 0 heterocycles. The molecular weight excluding hydrogens is 392 g/mol. The number of carbonyl (C=O) groups is 3. The molecule has 30 heavy (non-hydrogen) atoms. The molecule has 0 saturated heterocycles. The maximum atomic E-state index is 12.2. The molecule has 0 spiro atoms. The topological polar surface area (TPSA) is 125 Å². The lowest BCUT2D eigenvalue weighted by atomic mass is 10.1. The van der Waals surface area contributed by atoms with Crippen molar-refractivity contribution in [1.29, 1.82) is 0 Å². The number of anilines is 1. The quantitative estimate of drug-likeness (QED) is 0.585. The summed E-state index contributed by atoms with van der Waals surface area (Å²) in [4.78, 5) is 32.4. The van der Waals surface area contributed by atoms with E-state index in [1.165, 1.54) is 11.1 Å². The zero-order valence-electron chi connectivity index (χ0n) is 17.3. The van der Waals surface area contributed by atoms with Crippen molar-refractivity contribution >= 4 is 23.5 Å². The molecule has 0 aliphatic carbocycles. The Morgan fingerprint density at radius 2 is 1.43 bits per heavy atom. The van der Waals surface area contributed by atoms with E-state index in [2.05, 4.69) is 36.5 Å². The van der Waals surface area contributed by atoms with Gasteiger partial charge in [0.1, 0.15) is 11.5 Å². The zero-order chi connectivity index (χ0) is 22.7. The van der Waals surface area contributed by atoms with Crippen LogP contribution in [0.2, 0.25) is 0 Å². The average Bonchev–Trinajstić information content (AvgIpc) is 2.69. The third kappa shape index (κ3) is 9.07. The number of aryl methyl sites for hydroxylation is 1. The molecule has 0 bridgehead atoms. The van der Waals surface area contributed by atoms with Gasteiger partial charge in [-0.3, -0.25) is 9.69 Å². The molecule has 1 amide bonds. The van der Waals surface area contributed by atoms with Gasteiger partial charge in [-0.1, -0.05) is 29.8 Å². The standard InChI is InChI=1S/C19H24N2O3.C2H2O4/c1-14-5-7-15(8-6-14)12-21(2)13-19(22)20-16-9-17(23-3)11-18(10-16)24-4;3-1(4)2(5)6/h5-11H,12-13H2,1-4H3,(H,20,22);(H,3,4)(H,5,6). The maximum Gasteiger partial charge on any atom is 0.414 e. The van der Waals surface area contributed by atoms with Gasteiger partial charge < -0.3 is 25.0 Å². The Morgan fingerprint density at radius 1 is 0.933 bits per heavy atom. The van der Waals surface area contributed by atoms with Gasteiger partial charge in [-0.2, -0.15) is 0 Å². The van der Waals surface area contributed by atoms with E-state index in [1.54, 1.807) is 32.4 Å². The van der Waals surface area contributed by atoms with Crippen LogP contribution in [-0.4, -0.2) is 60.8 Å². The second kappa shape index (κ2) is 12.1. The number of nitrogens with zero attached hydrogens (tertiary/aromatic N) is 1. The minimum atomic E-state index is -1.82. The summed E-state index contributed by atoms with van der Waals surface area (Å²) >= 11 is 0. The van der Waals surface area contributed by atoms with Crippen molar-refractivity contribution in [3.63, 3.8) is 0 Å². The molecule has 3 N–H and O–H groups in total. The molecule has 0 saturated carbocycles. The Labute approximate surface area is 174 Å². The van der Waals surface area contributed by atoms with Gasteiger partial charge in [0.15, 0.2) is 0 Å². The van der Waals surface area contributed by atoms with Crippen LogP contribution in [0.3, 0.4) is 0 Å². The largest absolute Gasteiger partial charge is 0.497 e. The van der Waals surface area contributed by atoms with Gasteiger partial charge in [-0.05, 0) is 19.5 Å². The van der Waals surface area contributed by atoms with E-state index in [9.17, 15) is 4.79 Å². The van der Waals surface area contributed by atoms with Gasteiger partial charge in [0.25, 0.3) is 0 Å². The molecule has 0 radical (unpaired) electrons. The van der Waals surface area contributed by atoms with Crippen LogP contribution < -0.4 is 14.8 Å². The number of carboxylic acids is 2.